The fraction of sp³-hybridized carbons (Fsp3) is 0.500. The van der Waals surface area contributed by atoms with Gasteiger partial charge in [-0.25, -0.2) is 4.99 Å². The van der Waals surface area contributed by atoms with Crippen molar-refractivity contribution < 1.29 is 0 Å². The van der Waals surface area contributed by atoms with E-state index in [0.29, 0.717) is 0 Å². The number of rotatable bonds is 4. The van der Waals surface area contributed by atoms with Crippen LogP contribution >= 0.6 is 11.9 Å². The molecule has 0 amide bonds. The van der Waals surface area contributed by atoms with Gasteiger partial charge in [-0.15, -0.1) is 0 Å². The summed E-state index contributed by atoms with van der Waals surface area (Å²) in [7, 11) is 0. The molecule has 0 spiro atoms. The van der Waals surface area contributed by atoms with Gasteiger partial charge in [-0.05, 0) is 60.7 Å². The van der Waals surface area contributed by atoms with Crippen molar-refractivity contribution in [2.75, 3.05) is 13.1 Å². The fourth-order valence-electron chi connectivity index (χ4n) is 4.24. The fourth-order valence-corrected chi connectivity index (χ4v) is 5.33. The highest BCUT2D eigenvalue weighted by Crippen LogP contribution is 2.46. The van der Waals surface area contributed by atoms with E-state index in [4.69, 9.17) is 10.1 Å². The lowest BCUT2D eigenvalue weighted by Gasteiger charge is -2.31. The maximum atomic E-state index is 5.11. The Morgan fingerprint density at radius 1 is 1.24 bits per heavy atom. The number of fused-ring (bicyclic) bond motifs is 3. The predicted octanol–water partition coefficient (Wildman–Crippen LogP) is 6.08. The van der Waals surface area contributed by atoms with Crippen LogP contribution in [0.2, 0.25) is 0 Å². The molecule has 0 unspecified atom stereocenters. The SMILES string of the molecule is C=C1C2=C(CN3Sc4cc(C)ccc4N=C23)C(CC(C)(C)C)=NN1CCC1CC1. The summed E-state index contributed by atoms with van der Waals surface area (Å²) in [5, 5.41) is 7.28. The summed E-state index contributed by atoms with van der Waals surface area (Å²) in [6, 6.07) is 6.52. The summed E-state index contributed by atoms with van der Waals surface area (Å²) in [5.41, 5.74) is 7.31. The molecule has 3 heterocycles. The number of hydrogen-bond donors (Lipinski definition) is 0. The van der Waals surface area contributed by atoms with Crippen LogP contribution in [0.5, 0.6) is 0 Å². The van der Waals surface area contributed by atoms with Crippen molar-refractivity contribution in [3.05, 3.63) is 47.2 Å². The number of benzene rings is 1. The highest BCUT2D eigenvalue weighted by molar-refractivity contribution is 7.97. The minimum absolute atomic E-state index is 0.190. The quantitative estimate of drug-likeness (QED) is 0.568. The first-order valence-corrected chi connectivity index (χ1v) is 11.5. The Bertz CT molecular complexity index is 975. The molecule has 29 heavy (non-hydrogen) atoms. The second-order valence-electron chi connectivity index (χ2n) is 9.97. The predicted molar refractivity (Wildman–Crippen MR) is 123 cm³/mol. The Balaban J connectivity index is 1.53. The van der Waals surface area contributed by atoms with Crippen LogP contribution in [-0.4, -0.2) is 34.0 Å². The highest BCUT2D eigenvalue weighted by Gasteiger charge is 2.40. The molecule has 0 atom stereocenters. The Morgan fingerprint density at radius 3 is 2.76 bits per heavy atom. The summed E-state index contributed by atoms with van der Waals surface area (Å²) in [6.07, 6.45) is 4.93. The van der Waals surface area contributed by atoms with Gasteiger partial charge in [0.25, 0.3) is 0 Å². The lowest BCUT2D eigenvalue weighted by Crippen LogP contribution is -2.30. The van der Waals surface area contributed by atoms with E-state index in [1.165, 1.54) is 46.6 Å². The van der Waals surface area contributed by atoms with Crippen LogP contribution in [0.25, 0.3) is 0 Å². The molecule has 1 fully saturated rings. The van der Waals surface area contributed by atoms with Crippen LogP contribution < -0.4 is 0 Å². The van der Waals surface area contributed by atoms with E-state index in [1.807, 2.05) is 0 Å². The smallest absolute Gasteiger partial charge is 0.149 e. The van der Waals surface area contributed by atoms with Crippen molar-refractivity contribution in [3.8, 4) is 0 Å². The normalized spacial score (nSPS) is 21.0. The topological polar surface area (TPSA) is 31.2 Å². The first kappa shape index (κ1) is 19.0. The lowest BCUT2D eigenvalue weighted by atomic mass is 9.85. The van der Waals surface area contributed by atoms with Crippen molar-refractivity contribution in [3.63, 3.8) is 0 Å². The Kier molecular flexibility index (Phi) is 4.43. The van der Waals surface area contributed by atoms with E-state index in [0.717, 1.165) is 42.6 Å². The van der Waals surface area contributed by atoms with Crippen LogP contribution in [0.3, 0.4) is 0 Å². The monoisotopic (exact) mass is 406 g/mol. The first-order chi connectivity index (χ1) is 13.8. The van der Waals surface area contributed by atoms with Gasteiger partial charge in [-0.3, -0.25) is 9.31 Å². The molecular weight excluding hydrogens is 376 g/mol. The number of amidine groups is 1. The molecule has 0 bridgehead atoms. The lowest BCUT2D eigenvalue weighted by molar-refractivity contribution is 0.348. The minimum Gasteiger partial charge on any atom is -0.291 e. The minimum atomic E-state index is 0.190. The second kappa shape index (κ2) is 6.76. The summed E-state index contributed by atoms with van der Waals surface area (Å²) >= 11 is 1.81. The number of hydrogen-bond acceptors (Lipinski definition) is 5. The molecule has 0 aromatic heterocycles. The molecular formula is C24H30N4S. The molecule has 1 aliphatic carbocycles. The van der Waals surface area contributed by atoms with Gasteiger partial charge in [0, 0.05) is 17.7 Å². The molecule has 0 radical (unpaired) electrons. The van der Waals surface area contributed by atoms with E-state index in [2.05, 4.69) is 61.8 Å². The molecule has 1 aromatic carbocycles. The van der Waals surface area contributed by atoms with Gasteiger partial charge in [-0.2, -0.15) is 5.10 Å². The van der Waals surface area contributed by atoms with Gasteiger partial charge in [0.2, 0.25) is 0 Å². The molecule has 0 N–H and O–H groups in total. The van der Waals surface area contributed by atoms with Crippen molar-refractivity contribution in [1.29, 1.82) is 0 Å². The van der Waals surface area contributed by atoms with Crippen molar-refractivity contribution >= 4 is 29.2 Å². The number of nitrogens with zero attached hydrogens (tertiary/aromatic N) is 4. The molecule has 5 heteroatoms. The zero-order valence-electron chi connectivity index (χ0n) is 18.0. The van der Waals surface area contributed by atoms with Crippen molar-refractivity contribution in [2.45, 2.75) is 58.3 Å². The van der Waals surface area contributed by atoms with Crippen LogP contribution in [0.1, 0.15) is 52.0 Å². The molecule has 1 aromatic rings. The zero-order chi connectivity index (χ0) is 20.3. The van der Waals surface area contributed by atoms with Gasteiger partial charge >= 0.3 is 0 Å². The molecule has 5 rings (SSSR count). The largest absolute Gasteiger partial charge is 0.291 e. The van der Waals surface area contributed by atoms with E-state index >= 15 is 0 Å². The molecule has 1 saturated carbocycles. The van der Waals surface area contributed by atoms with Crippen LogP contribution in [-0.2, 0) is 0 Å². The maximum Gasteiger partial charge on any atom is 0.149 e. The molecule has 3 aliphatic heterocycles. The van der Waals surface area contributed by atoms with Gasteiger partial charge in [-0.1, -0.05) is 46.3 Å². The van der Waals surface area contributed by atoms with Gasteiger partial charge < -0.3 is 0 Å². The summed E-state index contributed by atoms with van der Waals surface area (Å²) < 4.78 is 2.33. The van der Waals surface area contributed by atoms with Crippen LogP contribution in [0.15, 0.2) is 56.6 Å². The van der Waals surface area contributed by atoms with Gasteiger partial charge in [0.1, 0.15) is 5.84 Å². The molecule has 0 saturated heterocycles. The highest BCUT2D eigenvalue weighted by atomic mass is 32.2. The Labute approximate surface area is 178 Å². The first-order valence-electron chi connectivity index (χ1n) is 10.7. The molecule has 152 valence electrons. The van der Waals surface area contributed by atoms with Gasteiger partial charge in [0.05, 0.1) is 28.5 Å². The van der Waals surface area contributed by atoms with E-state index in [9.17, 15) is 0 Å². The number of aryl methyl sites for hydroxylation is 1. The maximum absolute atomic E-state index is 5.11. The summed E-state index contributed by atoms with van der Waals surface area (Å²) in [6.45, 7) is 15.3. The third-order valence-electron chi connectivity index (χ3n) is 5.95. The zero-order valence-corrected chi connectivity index (χ0v) is 18.8. The van der Waals surface area contributed by atoms with E-state index < -0.39 is 0 Å². The Hall–Kier alpha value is -2.01. The summed E-state index contributed by atoms with van der Waals surface area (Å²) in [4.78, 5) is 6.31. The number of hydrazone groups is 1. The Morgan fingerprint density at radius 2 is 2.03 bits per heavy atom. The van der Waals surface area contributed by atoms with Crippen LogP contribution in [0.4, 0.5) is 5.69 Å². The molecule has 4 aliphatic rings. The van der Waals surface area contributed by atoms with E-state index in [1.54, 1.807) is 11.9 Å². The van der Waals surface area contributed by atoms with Crippen molar-refractivity contribution in [2.24, 2.45) is 21.4 Å². The van der Waals surface area contributed by atoms with Crippen molar-refractivity contribution in [1.82, 2.24) is 9.31 Å². The van der Waals surface area contributed by atoms with Gasteiger partial charge in [0.15, 0.2) is 0 Å². The number of aliphatic imine (C=N–C) groups is 1. The van der Waals surface area contributed by atoms with Crippen LogP contribution in [0, 0.1) is 18.3 Å². The second-order valence-corrected chi connectivity index (χ2v) is 11.0. The average molecular weight is 407 g/mol. The third-order valence-corrected chi connectivity index (χ3v) is 6.99. The molecule has 4 nitrogen and oxygen atoms in total. The average Bonchev–Trinajstić information content (AvgIpc) is 3.39. The van der Waals surface area contributed by atoms with E-state index in [-0.39, 0.29) is 5.41 Å². The third kappa shape index (κ3) is 3.65. The summed E-state index contributed by atoms with van der Waals surface area (Å²) in [5.74, 6) is 1.95. The standard InChI is InChI=1S/C24H30N4S/c1-15-6-9-19-21(12-15)29-28-14-18-20(13-24(3,4)5)26-27(11-10-17-7-8-17)16(2)22(18)23(28)25-19/h6,9,12,17H,2,7-8,10-11,13-14H2,1,3-5H3.